The molecule has 0 aliphatic heterocycles. The van der Waals surface area contributed by atoms with Crippen molar-refractivity contribution in [3.8, 4) is 22.8 Å². The Morgan fingerprint density at radius 3 is 2.65 bits per heavy atom. The molecule has 0 unspecified atom stereocenters. The van der Waals surface area contributed by atoms with E-state index in [0.29, 0.717) is 28.1 Å². The summed E-state index contributed by atoms with van der Waals surface area (Å²) in [5.41, 5.74) is 2.77. The number of carbonyl (C=O) groups is 1. The largest absolute Gasteiger partial charge is 0.493 e. The zero-order valence-electron chi connectivity index (χ0n) is 17.4. The van der Waals surface area contributed by atoms with Crippen molar-refractivity contribution >= 4 is 32.6 Å². The van der Waals surface area contributed by atoms with E-state index < -0.39 is 5.41 Å². The average molecular weight is 436 g/mol. The van der Waals surface area contributed by atoms with Gasteiger partial charge in [-0.3, -0.25) is 4.79 Å². The summed E-state index contributed by atoms with van der Waals surface area (Å²) in [6.07, 6.45) is 1.45. The van der Waals surface area contributed by atoms with Crippen molar-refractivity contribution < 1.29 is 18.8 Å². The lowest BCUT2D eigenvalue weighted by Gasteiger charge is -2.10. The molecule has 31 heavy (non-hydrogen) atoms. The quantitative estimate of drug-likeness (QED) is 0.461. The molecule has 8 heteroatoms. The molecule has 2 heterocycles. The van der Waals surface area contributed by atoms with Crippen molar-refractivity contribution in [2.24, 2.45) is 0 Å². The summed E-state index contributed by atoms with van der Waals surface area (Å²) in [7, 11) is 3.17. The van der Waals surface area contributed by atoms with Crippen LogP contribution in [0.4, 0.5) is 5.13 Å². The van der Waals surface area contributed by atoms with Gasteiger partial charge < -0.3 is 19.3 Å². The van der Waals surface area contributed by atoms with E-state index in [1.165, 1.54) is 11.3 Å². The van der Waals surface area contributed by atoms with Crippen molar-refractivity contribution in [1.82, 2.24) is 10.1 Å². The summed E-state index contributed by atoms with van der Waals surface area (Å²) in [4.78, 5) is 17.7. The molecule has 2 aromatic heterocycles. The van der Waals surface area contributed by atoms with Crippen molar-refractivity contribution in [3.63, 3.8) is 0 Å². The first-order valence-electron chi connectivity index (χ1n) is 9.91. The average Bonchev–Trinajstić information content (AvgIpc) is 3.25. The molecule has 7 nitrogen and oxygen atoms in total. The highest BCUT2D eigenvalue weighted by molar-refractivity contribution is 7.22. The molecular weight excluding hydrogens is 414 g/mol. The Hall–Kier alpha value is -3.39. The Morgan fingerprint density at radius 1 is 1.13 bits per heavy atom. The predicted molar refractivity (Wildman–Crippen MR) is 119 cm³/mol. The van der Waals surface area contributed by atoms with E-state index in [2.05, 4.69) is 15.5 Å². The number of anilines is 1. The number of rotatable bonds is 6. The number of fused-ring (bicyclic) bond motifs is 1. The van der Waals surface area contributed by atoms with Crippen LogP contribution in [0.1, 0.15) is 24.1 Å². The summed E-state index contributed by atoms with van der Waals surface area (Å²) >= 11 is 1.48. The Kier molecular flexibility index (Phi) is 4.66. The SMILES string of the molecule is COc1ccc(-c2cc(C3(C(=O)Nc4nc5c(C)cccc5s4)CC3)no2)cc1OC. The summed E-state index contributed by atoms with van der Waals surface area (Å²) < 4.78 is 17.3. The first kappa shape index (κ1) is 19.6. The van der Waals surface area contributed by atoms with Gasteiger partial charge in [0.05, 0.1) is 35.5 Å². The second-order valence-electron chi connectivity index (χ2n) is 7.62. The molecule has 158 valence electrons. The lowest BCUT2D eigenvalue weighted by Crippen LogP contribution is -2.28. The van der Waals surface area contributed by atoms with Gasteiger partial charge in [0.15, 0.2) is 22.4 Å². The third-order valence-corrected chi connectivity index (χ3v) is 6.63. The van der Waals surface area contributed by atoms with E-state index >= 15 is 0 Å². The van der Waals surface area contributed by atoms with E-state index in [1.807, 2.05) is 49.4 Å². The highest BCUT2D eigenvalue weighted by Crippen LogP contribution is 2.49. The number of methoxy groups -OCH3 is 2. The number of hydrogen-bond acceptors (Lipinski definition) is 7. The van der Waals surface area contributed by atoms with Crippen LogP contribution in [0.25, 0.3) is 21.5 Å². The highest BCUT2D eigenvalue weighted by Gasteiger charge is 2.54. The van der Waals surface area contributed by atoms with Crippen LogP contribution in [0.5, 0.6) is 11.5 Å². The van der Waals surface area contributed by atoms with E-state index in [0.717, 1.165) is 34.2 Å². The maximum atomic E-state index is 13.1. The number of nitrogens with zero attached hydrogens (tertiary/aromatic N) is 2. The molecule has 0 atom stereocenters. The number of para-hydroxylation sites is 1. The van der Waals surface area contributed by atoms with Gasteiger partial charge >= 0.3 is 0 Å². The van der Waals surface area contributed by atoms with Crippen molar-refractivity contribution in [2.45, 2.75) is 25.2 Å². The fraction of sp³-hybridized carbons (Fsp3) is 0.261. The third-order valence-electron chi connectivity index (χ3n) is 5.69. The maximum absolute atomic E-state index is 13.1. The van der Waals surface area contributed by atoms with E-state index in [1.54, 1.807) is 14.2 Å². The van der Waals surface area contributed by atoms with Gasteiger partial charge in [0.2, 0.25) is 5.91 Å². The fourth-order valence-corrected chi connectivity index (χ4v) is 4.65. The van der Waals surface area contributed by atoms with E-state index in [9.17, 15) is 4.79 Å². The smallest absolute Gasteiger partial charge is 0.238 e. The Labute approximate surface area is 183 Å². The molecule has 1 fully saturated rings. The Bertz CT molecular complexity index is 1290. The van der Waals surface area contributed by atoms with Crippen LogP contribution in [0.3, 0.4) is 0 Å². The Balaban J connectivity index is 1.39. The summed E-state index contributed by atoms with van der Waals surface area (Å²) in [6, 6.07) is 13.4. The molecule has 1 aliphatic rings. The van der Waals surface area contributed by atoms with Crippen molar-refractivity contribution in [2.75, 3.05) is 19.5 Å². The number of amides is 1. The molecule has 1 aliphatic carbocycles. The van der Waals surface area contributed by atoms with E-state index in [-0.39, 0.29) is 5.91 Å². The molecule has 4 aromatic rings. The van der Waals surface area contributed by atoms with Gasteiger partial charge in [-0.15, -0.1) is 0 Å². The number of ether oxygens (including phenoxy) is 2. The number of thiazole rings is 1. The lowest BCUT2D eigenvalue weighted by atomic mass is 10.0. The number of carbonyl (C=O) groups excluding carboxylic acids is 1. The van der Waals surface area contributed by atoms with Gasteiger partial charge in [-0.25, -0.2) is 4.98 Å². The number of aromatic nitrogens is 2. The highest BCUT2D eigenvalue weighted by atomic mass is 32.1. The molecule has 1 N–H and O–H groups in total. The Morgan fingerprint density at radius 2 is 1.94 bits per heavy atom. The van der Waals surface area contributed by atoms with Crippen LogP contribution in [0.15, 0.2) is 47.0 Å². The van der Waals surface area contributed by atoms with Crippen molar-refractivity contribution in [3.05, 3.63) is 53.7 Å². The van der Waals surface area contributed by atoms with Gasteiger partial charge in [-0.2, -0.15) is 0 Å². The molecule has 5 rings (SSSR count). The molecule has 1 saturated carbocycles. The molecular formula is C23H21N3O4S. The van der Waals surface area contributed by atoms with Gasteiger partial charge in [0.25, 0.3) is 0 Å². The zero-order valence-corrected chi connectivity index (χ0v) is 18.2. The summed E-state index contributed by atoms with van der Waals surface area (Å²) in [5, 5.41) is 7.81. The third kappa shape index (κ3) is 3.33. The monoisotopic (exact) mass is 435 g/mol. The first-order chi connectivity index (χ1) is 15.0. The minimum atomic E-state index is -0.675. The van der Waals surface area contributed by atoms with Crippen LogP contribution in [0, 0.1) is 6.92 Å². The molecule has 0 radical (unpaired) electrons. The van der Waals surface area contributed by atoms with Crippen LogP contribution in [-0.4, -0.2) is 30.3 Å². The second-order valence-corrected chi connectivity index (χ2v) is 8.65. The van der Waals surface area contributed by atoms with Gasteiger partial charge in [0.1, 0.15) is 0 Å². The van der Waals surface area contributed by atoms with Crippen LogP contribution in [0.2, 0.25) is 0 Å². The molecule has 0 bridgehead atoms. The summed E-state index contributed by atoms with van der Waals surface area (Å²) in [6.45, 7) is 2.02. The van der Waals surface area contributed by atoms with Crippen LogP contribution in [-0.2, 0) is 10.2 Å². The van der Waals surface area contributed by atoms with Gasteiger partial charge in [-0.05, 0) is 49.6 Å². The first-order valence-corrected chi connectivity index (χ1v) is 10.7. The topological polar surface area (TPSA) is 86.5 Å². The van der Waals surface area contributed by atoms with Crippen LogP contribution >= 0.6 is 11.3 Å². The molecule has 1 amide bonds. The standard InChI is InChI=1S/C23H21N3O4S/c1-13-5-4-6-18-20(13)24-22(31-18)25-21(27)23(9-10-23)19-12-16(30-26-19)14-7-8-15(28-2)17(11-14)29-3/h4-8,11-12H,9-10H2,1-3H3,(H,24,25,27). The number of hydrogen-bond donors (Lipinski definition) is 1. The number of nitrogens with one attached hydrogen (secondary N) is 1. The normalized spacial score (nSPS) is 14.4. The number of benzene rings is 2. The maximum Gasteiger partial charge on any atom is 0.238 e. The minimum absolute atomic E-state index is 0.101. The van der Waals surface area contributed by atoms with Gasteiger partial charge in [0, 0.05) is 11.6 Å². The lowest BCUT2D eigenvalue weighted by molar-refractivity contribution is -0.118. The second kappa shape index (κ2) is 7.39. The molecule has 0 saturated heterocycles. The predicted octanol–water partition coefficient (Wildman–Crippen LogP) is 4.95. The zero-order chi connectivity index (χ0) is 21.6. The van der Waals surface area contributed by atoms with Crippen molar-refractivity contribution in [1.29, 1.82) is 0 Å². The minimum Gasteiger partial charge on any atom is -0.493 e. The van der Waals surface area contributed by atoms with Gasteiger partial charge in [-0.1, -0.05) is 28.6 Å². The molecule has 0 spiro atoms. The molecule has 2 aromatic carbocycles. The van der Waals surface area contributed by atoms with Crippen LogP contribution < -0.4 is 14.8 Å². The van der Waals surface area contributed by atoms with E-state index in [4.69, 9.17) is 14.0 Å². The fourth-order valence-electron chi connectivity index (χ4n) is 3.71. The summed E-state index contributed by atoms with van der Waals surface area (Å²) in [5.74, 6) is 1.71. The number of aryl methyl sites for hydroxylation is 1.